The maximum absolute atomic E-state index is 13.4. The van der Waals surface area contributed by atoms with Crippen molar-refractivity contribution >= 4 is 11.8 Å². The summed E-state index contributed by atoms with van der Waals surface area (Å²) in [4.78, 5) is 29.2. The van der Waals surface area contributed by atoms with E-state index in [0.29, 0.717) is 13.1 Å². The highest BCUT2D eigenvalue weighted by molar-refractivity contribution is 5.86. The molecule has 156 valence electrons. The molecule has 3 rings (SSSR count). The average Bonchev–Trinajstić information content (AvgIpc) is 3.19. The molecule has 0 radical (unpaired) electrons. The smallest absolute Gasteiger partial charge is 0.249 e. The Morgan fingerprint density at radius 1 is 1.14 bits per heavy atom. The lowest BCUT2D eigenvalue weighted by atomic mass is 9.98. The highest BCUT2D eigenvalue weighted by atomic mass is 16.5. The second kappa shape index (κ2) is 9.13. The van der Waals surface area contributed by atoms with Crippen molar-refractivity contribution in [1.82, 2.24) is 14.4 Å². The number of carbonyl (C=O) groups excluding carboxylic acids is 2. The van der Waals surface area contributed by atoms with Crippen molar-refractivity contribution in [3.63, 3.8) is 0 Å². The topological polar surface area (TPSA) is 64.0 Å². The van der Waals surface area contributed by atoms with E-state index in [9.17, 15) is 9.59 Å². The molecule has 0 spiro atoms. The largest absolute Gasteiger partial charge is 0.496 e. The van der Waals surface area contributed by atoms with Gasteiger partial charge in [0.1, 0.15) is 24.9 Å². The molecule has 2 aromatic rings. The van der Waals surface area contributed by atoms with Crippen LogP contribution in [0, 0.1) is 0 Å². The zero-order valence-corrected chi connectivity index (χ0v) is 17.5. The second-order valence-corrected chi connectivity index (χ2v) is 7.41. The minimum Gasteiger partial charge on any atom is -0.496 e. The molecule has 1 aromatic heterocycles. The van der Waals surface area contributed by atoms with Gasteiger partial charge in [-0.3, -0.25) is 9.59 Å². The van der Waals surface area contributed by atoms with Gasteiger partial charge in [0, 0.05) is 43.7 Å². The van der Waals surface area contributed by atoms with Gasteiger partial charge >= 0.3 is 0 Å². The molecule has 0 bridgehead atoms. The first-order valence-corrected chi connectivity index (χ1v) is 9.83. The molecule has 0 aliphatic carbocycles. The van der Waals surface area contributed by atoms with Crippen LogP contribution in [0.25, 0.3) is 0 Å². The van der Waals surface area contributed by atoms with Crippen molar-refractivity contribution in [3.05, 3.63) is 53.9 Å². The van der Waals surface area contributed by atoms with Crippen LogP contribution in [0.3, 0.4) is 0 Å². The molecule has 2 heterocycles. The summed E-state index contributed by atoms with van der Waals surface area (Å²) in [5.41, 5.74) is 1.97. The normalized spacial score (nSPS) is 15.9. The molecule has 1 unspecified atom stereocenters. The maximum Gasteiger partial charge on any atom is 0.249 e. The number of para-hydroxylation sites is 1. The van der Waals surface area contributed by atoms with Crippen LogP contribution in [0.15, 0.2) is 42.6 Å². The Morgan fingerprint density at radius 2 is 1.90 bits per heavy atom. The van der Waals surface area contributed by atoms with E-state index in [1.165, 1.54) is 7.11 Å². The fourth-order valence-electron chi connectivity index (χ4n) is 3.87. The van der Waals surface area contributed by atoms with E-state index in [0.717, 1.165) is 17.0 Å². The predicted molar refractivity (Wildman–Crippen MR) is 110 cm³/mol. The minimum atomic E-state index is -0.270. The van der Waals surface area contributed by atoms with Gasteiger partial charge in [-0.2, -0.15) is 0 Å². The fourth-order valence-corrected chi connectivity index (χ4v) is 3.87. The van der Waals surface area contributed by atoms with Gasteiger partial charge in [-0.25, -0.2) is 0 Å². The number of ether oxygens (including phenoxy) is 2. The van der Waals surface area contributed by atoms with Crippen LogP contribution in [0.2, 0.25) is 0 Å². The van der Waals surface area contributed by atoms with Gasteiger partial charge in [0.25, 0.3) is 0 Å². The number of fused-ring (bicyclic) bond motifs is 1. The number of hydrogen-bond donors (Lipinski definition) is 0. The zero-order chi connectivity index (χ0) is 21.0. The van der Waals surface area contributed by atoms with E-state index in [1.54, 1.807) is 12.0 Å². The van der Waals surface area contributed by atoms with Crippen molar-refractivity contribution < 1.29 is 19.1 Å². The van der Waals surface area contributed by atoms with Gasteiger partial charge in [-0.1, -0.05) is 18.2 Å². The van der Waals surface area contributed by atoms with E-state index < -0.39 is 0 Å². The second-order valence-electron chi connectivity index (χ2n) is 7.41. The van der Waals surface area contributed by atoms with E-state index in [2.05, 4.69) is 4.57 Å². The Hall–Kier alpha value is -2.80. The van der Waals surface area contributed by atoms with Gasteiger partial charge < -0.3 is 23.8 Å². The number of rotatable bonds is 7. The van der Waals surface area contributed by atoms with Crippen molar-refractivity contribution in [1.29, 1.82) is 0 Å². The average molecular weight is 399 g/mol. The molecule has 1 aliphatic rings. The SMILES string of the molecule is COCC(=O)N(CC(=O)N1CCn2cccc2C1c1ccccc1OC)C(C)C. The molecule has 0 N–H and O–H groups in total. The molecule has 1 atom stereocenters. The lowest BCUT2D eigenvalue weighted by molar-refractivity contribution is -0.145. The first-order valence-electron chi connectivity index (χ1n) is 9.83. The van der Waals surface area contributed by atoms with Crippen molar-refractivity contribution in [2.24, 2.45) is 0 Å². The lowest BCUT2D eigenvalue weighted by Crippen LogP contribution is -2.50. The Bertz CT molecular complexity index is 861. The Morgan fingerprint density at radius 3 is 2.59 bits per heavy atom. The summed E-state index contributed by atoms with van der Waals surface area (Å²) in [5.74, 6) is 0.456. The number of carbonyl (C=O) groups is 2. The Labute approximate surface area is 171 Å². The predicted octanol–water partition coefficient (Wildman–Crippen LogP) is 2.31. The summed E-state index contributed by atoms with van der Waals surface area (Å²) < 4.78 is 12.7. The van der Waals surface area contributed by atoms with Crippen molar-refractivity contribution in [2.75, 3.05) is 33.9 Å². The molecule has 0 saturated heterocycles. The molecule has 1 aliphatic heterocycles. The van der Waals surface area contributed by atoms with Crippen molar-refractivity contribution in [3.8, 4) is 5.75 Å². The third-order valence-corrected chi connectivity index (χ3v) is 5.31. The molecule has 7 nitrogen and oxygen atoms in total. The molecule has 7 heteroatoms. The molecular formula is C22H29N3O4. The summed E-state index contributed by atoms with van der Waals surface area (Å²) in [7, 11) is 3.12. The Balaban J connectivity index is 1.94. The number of amides is 2. The van der Waals surface area contributed by atoms with E-state index in [1.807, 2.05) is 61.3 Å². The number of aromatic nitrogens is 1. The van der Waals surface area contributed by atoms with Crippen LogP contribution < -0.4 is 4.74 Å². The van der Waals surface area contributed by atoms with E-state index in [-0.39, 0.29) is 37.0 Å². The third kappa shape index (κ3) is 4.29. The molecule has 2 amide bonds. The van der Waals surface area contributed by atoms with E-state index in [4.69, 9.17) is 9.47 Å². The summed E-state index contributed by atoms with van der Waals surface area (Å²) in [6.45, 7) is 5.07. The number of nitrogens with zero attached hydrogens (tertiary/aromatic N) is 3. The lowest BCUT2D eigenvalue weighted by Gasteiger charge is -2.39. The standard InChI is InChI=1S/C22H29N3O4/c1-16(2)25(21(27)15-28-3)14-20(26)24-13-12-23-11-7-9-18(23)22(24)17-8-5-6-10-19(17)29-4/h5-11,16,22H,12-15H2,1-4H3. The fraction of sp³-hybridized carbons (Fsp3) is 0.455. The summed E-state index contributed by atoms with van der Waals surface area (Å²) in [6.07, 6.45) is 2.03. The molecule has 0 fully saturated rings. The van der Waals surface area contributed by atoms with Gasteiger partial charge in [0.05, 0.1) is 7.11 Å². The number of hydrogen-bond acceptors (Lipinski definition) is 4. The molecular weight excluding hydrogens is 370 g/mol. The quantitative estimate of drug-likeness (QED) is 0.717. The van der Waals surface area contributed by atoms with Crippen LogP contribution in [0.5, 0.6) is 5.75 Å². The molecule has 1 aromatic carbocycles. The first-order chi connectivity index (χ1) is 14.0. The maximum atomic E-state index is 13.4. The van der Waals surface area contributed by atoms with Crippen molar-refractivity contribution in [2.45, 2.75) is 32.5 Å². The monoisotopic (exact) mass is 399 g/mol. The molecule has 29 heavy (non-hydrogen) atoms. The zero-order valence-electron chi connectivity index (χ0n) is 17.5. The summed E-state index contributed by atoms with van der Waals surface area (Å²) in [6, 6.07) is 11.4. The Kier molecular flexibility index (Phi) is 6.59. The minimum absolute atomic E-state index is 0.0201. The van der Waals surface area contributed by atoms with Crippen LogP contribution in [0.1, 0.15) is 31.1 Å². The number of benzene rings is 1. The van der Waals surface area contributed by atoms with Crippen LogP contribution in [-0.2, 0) is 20.9 Å². The summed E-state index contributed by atoms with van der Waals surface area (Å²) >= 11 is 0. The van der Waals surface area contributed by atoms with Gasteiger partial charge in [0.15, 0.2) is 0 Å². The van der Waals surface area contributed by atoms with Gasteiger partial charge in [-0.05, 0) is 32.0 Å². The highest BCUT2D eigenvalue weighted by Crippen LogP contribution is 2.37. The van der Waals surface area contributed by atoms with Crippen LogP contribution in [0.4, 0.5) is 0 Å². The third-order valence-electron chi connectivity index (χ3n) is 5.31. The van der Waals surface area contributed by atoms with Crippen LogP contribution in [-0.4, -0.2) is 66.1 Å². The van der Waals surface area contributed by atoms with Gasteiger partial charge in [-0.15, -0.1) is 0 Å². The molecule has 0 saturated carbocycles. The van der Waals surface area contributed by atoms with Gasteiger partial charge in [0.2, 0.25) is 11.8 Å². The number of methoxy groups -OCH3 is 2. The summed E-state index contributed by atoms with van der Waals surface area (Å²) in [5, 5.41) is 0. The van der Waals surface area contributed by atoms with E-state index >= 15 is 0 Å². The van der Waals surface area contributed by atoms with Crippen LogP contribution >= 0.6 is 0 Å². The highest BCUT2D eigenvalue weighted by Gasteiger charge is 2.35. The first kappa shape index (κ1) is 20.9.